The van der Waals surface area contributed by atoms with Crippen LogP contribution in [0.15, 0.2) is 41.3 Å². The summed E-state index contributed by atoms with van der Waals surface area (Å²) in [5, 5.41) is 0. The third kappa shape index (κ3) is 4.25. The largest absolute Gasteiger partial charge is 0.383 e. The van der Waals surface area contributed by atoms with Crippen LogP contribution in [0.5, 0.6) is 0 Å². The number of hydrogen-bond donors (Lipinski definition) is 3. The van der Waals surface area contributed by atoms with Crippen LogP contribution < -0.4 is 22.9 Å². The molecule has 7 nitrogen and oxygen atoms in total. The zero-order chi connectivity index (χ0) is 18.0. The highest BCUT2D eigenvalue weighted by molar-refractivity contribution is 5.36. The van der Waals surface area contributed by atoms with Crippen molar-refractivity contribution in [2.24, 2.45) is 11.5 Å². The Morgan fingerprint density at radius 2 is 1.76 bits per heavy atom. The van der Waals surface area contributed by atoms with E-state index in [0.29, 0.717) is 6.04 Å². The summed E-state index contributed by atoms with van der Waals surface area (Å²) in [5.41, 5.74) is 19.3. The highest BCUT2D eigenvalue weighted by Gasteiger charge is 2.27. The van der Waals surface area contributed by atoms with Gasteiger partial charge in [0.25, 0.3) is 0 Å². The number of anilines is 1. The lowest BCUT2D eigenvalue weighted by molar-refractivity contribution is 0.162. The molecular formula is C18H26N6O. The fourth-order valence-corrected chi connectivity index (χ4v) is 3.53. The molecule has 0 spiro atoms. The summed E-state index contributed by atoms with van der Waals surface area (Å²) >= 11 is 0. The molecule has 0 unspecified atom stereocenters. The maximum Gasteiger partial charge on any atom is 0.354 e. The van der Waals surface area contributed by atoms with Crippen molar-refractivity contribution in [2.45, 2.75) is 43.9 Å². The zero-order valence-electron chi connectivity index (χ0n) is 14.5. The van der Waals surface area contributed by atoms with E-state index < -0.39 is 0 Å². The fourth-order valence-electron chi connectivity index (χ4n) is 3.53. The van der Waals surface area contributed by atoms with E-state index in [0.717, 1.165) is 31.5 Å². The number of nitrogens with zero attached hydrogens (tertiary/aromatic N) is 3. The van der Waals surface area contributed by atoms with E-state index in [1.54, 1.807) is 12.3 Å². The topological polar surface area (TPSA) is 116 Å². The number of aromatic nitrogens is 2. The van der Waals surface area contributed by atoms with Gasteiger partial charge in [-0.05, 0) is 50.1 Å². The van der Waals surface area contributed by atoms with Crippen molar-refractivity contribution >= 4 is 5.82 Å². The Kier molecular flexibility index (Phi) is 5.17. The number of nitrogens with two attached hydrogens (primary N) is 3. The van der Waals surface area contributed by atoms with E-state index in [-0.39, 0.29) is 23.6 Å². The third-order valence-electron chi connectivity index (χ3n) is 4.85. The summed E-state index contributed by atoms with van der Waals surface area (Å²) in [6, 6.07) is 10.3. The van der Waals surface area contributed by atoms with Crippen LogP contribution in [-0.4, -0.2) is 39.6 Å². The van der Waals surface area contributed by atoms with Crippen LogP contribution in [-0.2, 0) is 6.54 Å². The number of nitrogen functional groups attached to an aromatic ring is 1. The number of hydrogen-bond acceptors (Lipinski definition) is 6. The molecule has 3 atom stereocenters. The standard InChI is InChI=1S/C18H26N6O/c1-23(16-9-13(19)8-14(20)10-16)11-12-2-4-15(5-3-12)24-7-6-17(21)22-18(24)25/h2-7,13-14,16H,8-11,19-20H2,1H3,(H2,21,22,25)/t13-,14+,16-. The Morgan fingerprint density at radius 1 is 1.12 bits per heavy atom. The van der Waals surface area contributed by atoms with Gasteiger partial charge in [-0.2, -0.15) is 4.98 Å². The van der Waals surface area contributed by atoms with Gasteiger partial charge >= 0.3 is 5.69 Å². The highest BCUT2D eigenvalue weighted by Crippen LogP contribution is 2.22. The van der Waals surface area contributed by atoms with E-state index >= 15 is 0 Å². The summed E-state index contributed by atoms with van der Waals surface area (Å²) in [6.45, 7) is 0.819. The molecule has 134 valence electrons. The molecule has 0 aliphatic heterocycles. The van der Waals surface area contributed by atoms with E-state index in [9.17, 15) is 4.79 Å². The Hall–Kier alpha value is -2.22. The van der Waals surface area contributed by atoms with E-state index in [4.69, 9.17) is 17.2 Å². The van der Waals surface area contributed by atoms with Gasteiger partial charge < -0.3 is 17.2 Å². The van der Waals surface area contributed by atoms with Gasteiger partial charge in [0.1, 0.15) is 5.82 Å². The Balaban J connectivity index is 1.69. The van der Waals surface area contributed by atoms with Crippen LogP contribution in [0.4, 0.5) is 5.82 Å². The van der Waals surface area contributed by atoms with Crippen LogP contribution in [0.2, 0.25) is 0 Å². The lowest BCUT2D eigenvalue weighted by Crippen LogP contribution is -2.47. The molecule has 1 aliphatic carbocycles. The fraction of sp³-hybridized carbons (Fsp3) is 0.444. The van der Waals surface area contributed by atoms with Crippen LogP contribution in [0.3, 0.4) is 0 Å². The first-order valence-corrected chi connectivity index (χ1v) is 8.58. The number of rotatable bonds is 4. The van der Waals surface area contributed by atoms with Gasteiger partial charge in [-0.1, -0.05) is 12.1 Å². The Labute approximate surface area is 147 Å². The van der Waals surface area contributed by atoms with Crippen molar-refractivity contribution in [3.05, 3.63) is 52.6 Å². The smallest absolute Gasteiger partial charge is 0.354 e. The van der Waals surface area contributed by atoms with Gasteiger partial charge in [-0.25, -0.2) is 4.79 Å². The quantitative estimate of drug-likeness (QED) is 0.743. The Morgan fingerprint density at radius 3 is 2.36 bits per heavy atom. The molecule has 7 heteroatoms. The SMILES string of the molecule is CN(Cc1ccc(-n2ccc(N)nc2=O)cc1)[C@@H]1C[C@H](N)C[C@H](N)C1. The minimum atomic E-state index is -0.380. The highest BCUT2D eigenvalue weighted by atomic mass is 16.1. The van der Waals surface area contributed by atoms with Crippen molar-refractivity contribution < 1.29 is 0 Å². The summed E-state index contributed by atoms with van der Waals surface area (Å²) in [6.07, 6.45) is 4.50. The lowest BCUT2D eigenvalue weighted by Gasteiger charge is -2.37. The summed E-state index contributed by atoms with van der Waals surface area (Å²) in [7, 11) is 2.11. The first-order chi connectivity index (χ1) is 11.9. The van der Waals surface area contributed by atoms with Crippen molar-refractivity contribution in [2.75, 3.05) is 12.8 Å². The van der Waals surface area contributed by atoms with Gasteiger partial charge in [0, 0.05) is 30.9 Å². The molecule has 0 bridgehead atoms. The molecule has 6 N–H and O–H groups in total. The molecule has 0 radical (unpaired) electrons. The molecule has 1 aromatic carbocycles. The molecule has 1 aromatic heterocycles. The van der Waals surface area contributed by atoms with Gasteiger partial charge in [0.05, 0.1) is 5.69 Å². The van der Waals surface area contributed by atoms with E-state index in [2.05, 4.69) is 16.9 Å². The second kappa shape index (κ2) is 7.35. The maximum atomic E-state index is 11.9. The molecular weight excluding hydrogens is 316 g/mol. The molecule has 1 aliphatic rings. The monoisotopic (exact) mass is 342 g/mol. The first kappa shape index (κ1) is 17.6. The average molecular weight is 342 g/mol. The van der Waals surface area contributed by atoms with Crippen LogP contribution in [0.1, 0.15) is 24.8 Å². The molecule has 1 heterocycles. The van der Waals surface area contributed by atoms with Gasteiger partial charge in [-0.15, -0.1) is 0 Å². The first-order valence-electron chi connectivity index (χ1n) is 8.58. The Bertz CT molecular complexity index is 762. The third-order valence-corrected chi connectivity index (χ3v) is 4.85. The van der Waals surface area contributed by atoms with Crippen LogP contribution in [0.25, 0.3) is 5.69 Å². The minimum Gasteiger partial charge on any atom is -0.383 e. The van der Waals surface area contributed by atoms with Crippen molar-refractivity contribution in [3.63, 3.8) is 0 Å². The van der Waals surface area contributed by atoms with Gasteiger partial charge in [-0.3, -0.25) is 9.47 Å². The van der Waals surface area contributed by atoms with Crippen molar-refractivity contribution in [1.29, 1.82) is 0 Å². The molecule has 25 heavy (non-hydrogen) atoms. The lowest BCUT2D eigenvalue weighted by atomic mass is 9.87. The van der Waals surface area contributed by atoms with E-state index in [1.807, 2.05) is 24.3 Å². The average Bonchev–Trinajstić information content (AvgIpc) is 2.55. The second-order valence-electron chi connectivity index (χ2n) is 6.97. The molecule has 1 saturated carbocycles. The minimum absolute atomic E-state index is 0.184. The molecule has 2 aromatic rings. The van der Waals surface area contributed by atoms with Crippen molar-refractivity contribution in [3.8, 4) is 5.69 Å². The maximum absolute atomic E-state index is 11.9. The van der Waals surface area contributed by atoms with Crippen LogP contribution in [0, 0.1) is 0 Å². The molecule has 3 rings (SSSR count). The number of benzene rings is 1. The van der Waals surface area contributed by atoms with Crippen molar-refractivity contribution in [1.82, 2.24) is 14.5 Å². The normalized spacial score (nSPS) is 23.8. The predicted molar refractivity (Wildman–Crippen MR) is 99.3 cm³/mol. The van der Waals surface area contributed by atoms with Gasteiger partial charge in [0.15, 0.2) is 0 Å². The second-order valence-corrected chi connectivity index (χ2v) is 6.97. The zero-order valence-corrected chi connectivity index (χ0v) is 14.5. The molecule has 0 amide bonds. The summed E-state index contributed by atoms with van der Waals surface area (Å²) in [5.74, 6) is 0.225. The molecule has 1 fully saturated rings. The van der Waals surface area contributed by atoms with E-state index in [1.165, 1.54) is 10.1 Å². The van der Waals surface area contributed by atoms with Crippen LogP contribution >= 0.6 is 0 Å². The molecule has 0 saturated heterocycles. The summed E-state index contributed by atoms with van der Waals surface area (Å²) in [4.78, 5) is 18.0. The van der Waals surface area contributed by atoms with Gasteiger partial charge in [0.2, 0.25) is 0 Å². The predicted octanol–water partition coefficient (Wildman–Crippen LogP) is 0.454. The summed E-state index contributed by atoms with van der Waals surface area (Å²) < 4.78 is 1.48.